The molecule has 19 heavy (non-hydrogen) atoms. The van der Waals surface area contributed by atoms with Gasteiger partial charge in [-0.05, 0) is 49.6 Å². The topological polar surface area (TPSA) is 12.5 Å². The number of aryl methyl sites for hydroxylation is 1. The highest BCUT2D eigenvalue weighted by Crippen LogP contribution is 2.34. The molecule has 0 unspecified atom stereocenters. The molecule has 0 bridgehead atoms. The average molecular weight is 253 g/mol. The Bertz CT molecular complexity index is 559. The van der Waals surface area contributed by atoms with E-state index in [0.29, 0.717) is 0 Å². The monoisotopic (exact) mass is 253 g/mol. The first-order valence-corrected chi connectivity index (χ1v) is 6.91. The van der Waals surface area contributed by atoms with Crippen LogP contribution in [0, 0.1) is 6.92 Å². The Morgan fingerprint density at radius 3 is 2.53 bits per heavy atom. The maximum atomic E-state index is 6.06. The van der Waals surface area contributed by atoms with Crippen molar-refractivity contribution in [3.05, 3.63) is 54.1 Å². The molecular formula is C17H19NO. The van der Waals surface area contributed by atoms with Crippen LogP contribution in [0.4, 0.5) is 5.69 Å². The van der Waals surface area contributed by atoms with Crippen LogP contribution in [0.25, 0.3) is 0 Å². The standard InChI is InChI=1S/C17H19NO/c1-14-7-6-8-15(13-14)19-17-10-3-2-9-16(17)18-11-4-5-12-18/h2-3,6-10,13H,4-5,11-12H2,1H3. The maximum absolute atomic E-state index is 6.06. The number of hydrogen-bond donors (Lipinski definition) is 0. The lowest BCUT2D eigenvalue weighted by Crippen LogP contribution is -2.18. The van der Waals surface area contributed by atoms with E-state index >= 15 is 0 Å². The lowest BCUT2D eigenvalue weighted by Gasteiger charge is -2.21. The van der Waals surface area contributed by atoms with Crippen molar-refractivity contribution >= 4 is 5.69 Å². The van der Waals surface area contributed by atoms with Crippen LogP contribution in [0.1, 0.15) is 18.4 Å². The van der Waals surface area contributed by atoms with Gasteiger partial charge in [0.05, 0.1) is 5.69 Å². The molecule has 2 aromatic carbocycles. The fourth-order valence-corrected chi connectivity index (χ4v) is 2.57. The zero-order valence-electron chi connectivity index (χ0n) is 11.3. The molecule has 0 radical (unpaired) electrons. The second-order valence-corrected chi connectivity index (χ2v) is 5.08. The van der Waals surface area contributed by atoms with Crippen LogP contribution in [0.15, 0.2) is 48.5 Å². The fourth-order valence-electron chi connectivity index (χ4n) is 2.57. The highest BCUT2D eigenvalue weighted by atomic mass is 16.5. The number of rotatable bonds is 3. The SMILES string of the molecule is Cc1cccc(Oc2ccccc2N2CCCC2)c1. The molecule has 2 heteroatoms. The smallest absolute Gasteiger partial charge is 0.150 e. The summed E-state index contributed by atoms with van der Waals surface area (Å²) in [5, 5.41) is 0. The lowest BCUT2D eigenvalue weighted by molar-refractivity contribution is 0.482. The minimum absolute atomic E-state index is 0.909. The van der Waals surface area contributed by atoms with Gasteiger partial charge in [0, 0.05) is 13.1 Å². The first kappa shape index (κ1) is 12.1. The van der Waals surface area contributed by atoms with E-state index in [-0.39, 0.29) is 0 Å². The third-order valence-electron chi connectivity index (χ3n) is 3.53. The summed E-state index contributed by atoms with van der Waals surface area (Å²) >= 11 is 0. The van der Waals surface area contributed by atoms with Crippen molar-refractivity contribution in [2.45, 2.75) is 19.8 Å². The Morgan fingerprint density at radius 1 is 0.947 bits per heavy atom. The van der Waals surface area contributed by atoms with Crippen LogP contribution < -0.4 is 9.64 Å². The van der Waals surface area contributed by atoms with Crippen LogP contribution in [-0.4, -0.2) is 13.1 Å². The molecule has 98 valence electrons. The molecule has 0 saturated carbocycles. The fraction of sp³-hybridized carbons (Fsp3) is 0.294. The van der Waals surface area contributed by atoms with E-state index in [2.05, 4.69) is 42.2 Å². The van der Waals surface area contributed by atoms with Gasteiger partial charge >= 0.3 is 0 Å². The molecule has 2 nitrogen and oxygen atoms in total. The molecule has 1 saturated heterocycles. The number of para-hydroxylation sites is 2. The molecule has 1 heterocycles. The van der Waals surface area contributed by atoms with Gasteiger partial charge < -0.3 is 9.64 Å². The summed E-state index contributed by atoms with van der Waals surface area (Å²) in [6.07, 6.45) is 2.55. The quantitative estimate of drug-likeness (QED) is 0.804. The van der Waals surface area contributed by atoms with Crippen LogP contribution in [0.2, 0.25) is 0 Å². The van der Waals surface area contributed by atoms with Gasteiger partial charge in [-0.15, -0.1) is 0 Å². The van der Waals surface area contributed by atoms with E-state index in [1.54, 1.807) is 0 Å². The minimum Gasteiger partial charge on any atom is -0.455 e. The molecule has 1 aliphatic heterocycles. The molecule has 0 amide bonds. The van der Waals surface area contributed by atoms with Crippen LogP contribution in [0.3, 0.4) is 0 Å². The Morgan fingerprint density at radius 2 is 1.74 bits per heavy atom. The van der Waals surface area contributed by atoms with E-state index < -0.39 is 0 Å². The second kappa shape index (κ2) is 5.35. The van der Waals surface area contributed by atoms with Crippen molar-refractivity contribution in [1.29, 1.82) is 0 Å². The van der Waals surface area contributed by atoms with Gasteiger partial charge in [0.25, 0.3) is 0 Å². The number of anilines is 1. The van der Waals surface area contributed by atoms with Crippen LogP contribution >= 0.6 is 0 Å². The molecule has 0 aliphatic carbocycles. The third kappa shape index (κ3) is 2.73. The molecule has 1 fully saturated rings. The summed E-state index contributed by atoms with van der Waals surface area (Å²) in [7, 11) is 0. The Balaban J connectivity index is 1.88. The lowest BCUT2D eigenvalue weighted by atomic mass is 10.2. The van der Waals surface area contributed by atoms with Crippen molar-refractivity contribution < 1.29 is 4.74 Å². The summed E-state index contributed by atoms with van der Waals surface area (Å²) in [4.78, 5) is 2.41. The molecule has 0 N–H and O–H groups in total. The Kier molecular flexibility index (Phi) is 3.41. The van der Waals surface area contributed by atoms with Crippen molar-refractivity contribution in [2.24, 2.45) is 0 Å². The minimum atomic E-state index is 0.909. The van der Waals surface area contributed by atoms with Gasteiger partial charge in [-0.3, -0.25) is 0 Å². The van der Waals surface area contributed by atoms with Crippen LogP contribution in [-0.2, 0) is 0 Å². The molecule has 2 aromatic rings. The van der Waals surface area contributed by atoms with Crippen molar-refractivity contribution in [2.75, 3.05) is 18.0 Å². The van der Waals surface area contributed by atoms with E-state index in [4.69, 9.17) is 4.74 Å². The molecule has 0 spiro atoms. The van der Waals surface area contributed by atoms with Crippen molar-refractivity contribution in [3.63, 3.8) is 0 Å². The van der Waals surface area contributed by atoms with Crippen molar-refractivity contribution in [1.82, 2.24) is 0 Å². The zero-order valence-corrected chi connectivity index (χ0v) is 11.3. The predicted molar refractivity (Wildman–Crippen MR) is 79.1 cm³/mol. The van der Waals surface area contributed by atoms with Gasteiger partial charge in [0.2, 0.25) is 0 Å². The van der Waals surface area contributed by atoms with Crippen LogP contribution in [0.5, 0.6) is 11.5 Å². The zero-order chi connectivity index (χ0) is 13.1. The summed E-state index contributed by atoms with van der Waals surface area (Å²) < 4.78 is 6.06. The van der Waals surface area contributed by atoms with E-state index in [9.17, 15) is 0 Å². The van der Waals surface area contributed by atoms with E-state index in [1.807, 2.05) is 18.2 Å². The molecule has 3 rings (SSSR count). The van der Waals surface area contributed by atoms with Gasteiger partial charge in [-0.1, -0.05) is 24.3 Å². The summed E-state index contributed by atoms with van der Waals surface area (Å²) in [6, 6.07) is 16.5. The highest BCUT2D eigenvalue weighted by Gasteiger charge is 2.16. The van der Waals surface area contributed by atoms with Crippen molar-refractivity contribution in [3.8, 4) is 11.5 Å². The number of ether oxygens (including phenoxy) is 1. The van der Waals surface area contributed by atoms with Gasteiger partial charge in [-0.2, -0.15) is 0 Å². The average Bonchev–Trinajstić information content (AvgIpc) is 2.93. The molecular weight excluding hydrogens is 234 g/mol. The molecule has 0 aromatic heterocycles. The largest absolute Gasteiger partial charge is 0.455 e. The Hall–Kier alpha value is -1.96. The second-order valence-electron chi connectivity index (χ2n) is 5.08. The highest BCUT2D eigenvalue weighted by molar-refractivity contribution is 5.60. The van der Waals surface area contributed by atoms with E-state index in [1.165, 1.54) is 24.1 Å². The van der Waals surface area contributed by atoms with E-state index in [0.717, 1.165) is 24.6 Å². The number of nitrogens with zero attached hydrogens (tertiary/aromatic N) is 1. The number of hydrogen-bond acceptors (Lipinski definition) is 2. The number of benzene rings is 2. The normalized spacial score (nSPS) is 14.7. The van der Waals surface area contributed by atoms with Gasteiger partial charge in [0.15, 0.2) is 5.75 Å². The summed E-state index contributed by atoms with van der Waals surface area (Å²) in [5.74, 6) is 1.86. The third-order valence-corrected chi connectivity index (χ3v) is 3.53. The maximum Gasteiger partial charge on any atom is 0.150 e. The molecule has 0 atom stereocenters. The first-order chi connectivity index (χ1) is 9.33. The predicted octanol–water partition coefficient (Wildman–Crippen LogP) is 4.39. The van der Waals surface area contributed by atoms with Gasteiger partial charge in [0.1, 0.15) is 5.75 Å². The molecule has 1 aliphatic rings. The summed E-state index contributed by atoms with van der Waals surface area (Å²) in [6.45, 7) is 4.35. The summed E-state index contributed by atoms with van der Waals surface area (Å²) in [5.41, 5.74) is 2.43. The first-order valence-electron chi connectivity index (χ1n) is 6.91. The Labute approximate surface area is 114 Å². The van der Waals surface area contributed by atoms with Gasteiger partial charge in [-0.25, -0.2) is 0 Å².